The summed E-state index contributed by atoms with van der Waals surface area (Å²) in [5.74, 6) is 0. The summed E-state index contributed by atoms with van der Waals surface area (Å²) in [6.45, 7) is 5.32. The van der Waals surface area contributed by atoms with Crippen LogP contribution in [0.2, 0.25) is 0 Å². The molecule has 1 atom stereocenters. The van der Waals surface area contributed by atoms with Crippen LogP contribution >= 0.6 is 0 Å². The third kappa shape index (κ3) is 3.36. The molecule has 0 aliphatic carbocycles. The number of hydrogen-bond acceptors (Lipinski definition) is 3. The lowest BCUT2D eigenvalue weighted by Gasteiger charge is -2.17. The molecule has 1 aromatic carbocycles. The number of aryl methyl sites for hydroxylation is 1. The monoisotopic (exact) mass is 267 g/mol. The molecule has 2 heterocycles. The highest BCUT2D eigenvalue weighted by atomic mass is 15.2. The number of aromatic nitrogens is 1. The molecule has 1 aliphatic rings. The predicted molar refractivity (Wildman–Crippen MR) is 82.7 cm³/mol. The van der Waals surface area contributed by atoms with E-state index in [1.165, 1.54) is 12.0 Å². The van der Waals surface area contributed by atoms with Crippen molar-refractivity contribution in [2.75, 3.05) is 18.4 Å². The molecule has 1 fully saturated rings. The summed E-state index contributed by atoms with van der Waals surface area (Å²) >= 11 is 0. The first-order valence-electron chi connectivity index (χ1n) is 7.25. The summed E-state index contributed by atoms with van der Waals surface area (Å²) in [5, 5.41) is 3.58. The molecule has 20 heavy (non-hydrogen) atoms. The quantitative estimate of drug-likeness (QED) is 0.922. The molecule has 1 aliphatic heterocycles. The van der Waals surface area contributed by atoms with Gasteiger partial charge in [0, 0.05) is 31.4 Å². The maximum absolute atomic E-state index is 4.33. The van der Waals surface area contributed by atoms with E-state index in [9.17, 15) is 0 Å². The normalized spacial score (nSPS) is 19.1. The van der Waals surface area contributed by atoms with E-state index in [4.69, 9.17) is 0 Å². The average molecular weight is 267 g/mol. The Morgan fingerprint density at radius 1 is 1.20 bits per heavy atom. The average Bonchev–Trinajstić information content (AvgIpc) is 2.90. The number of nitrogens with one attached hydrogen (secondary N) is 1. The van der Waals surface area contributed by atoms with E-state index in [1.807, 2.05) is 13.1 Å². The zero-order chi connectivity index (χ0) is 13.8. The van der Waals surface area contributed by atoms with Gasteiger partial charge in [0.15, 0.2) is 0 Å². The molecule has 1 unspecified atom stereocenters. The number of hydrogen-bond donors (Lipinski definition) is 1. The molecule has 104 valence electrons. The molecular formula is C17H21N3. The maximum atomic E-state index is 4.33. The van der Waals surface area contributed by atoms with Crippen molar-refractivity contribution >= 4 is 5.69 Å². The molecule has 1 saturated heterocycles. The van der Waals surface area contributed by atoms with Crippen molar-refractivity contribution in [3.63, 3.8) is 0 Å². The van der Waals surface area contributed by atoms with Crippen LogP contribution in [0, 0.1) is 6.92 Å². The van der Waals surface area contributed by atoms with Gasteiger partial charge in [-0.2, -0.15) is 0 Å². The van der Waals surface area contributed by atoms with Gasteiger partial charge in [-0.25, -0.2) is 0 Å². The minimum absolute atomic E-state index is 0.531. The van der Waals surface area contributed by atoms with Crippen LogP contribution in [0.3, 0.4) is 0 Å². The fraction of sp³-hybridized carbons (Fsp3) is 0.353. The van der Waals surface area contributed by atoms with Gasteiger partial charge >= 0.3 is 0 Å². The Kier molecular flexibility index (Phi) is 3.97. The highest BCUT2D eigenvalue weighted by molar-refractivity contribution is 5.42. The predicted octanol–water partition coefficient (Wildman–Crippen LogP) is 3.08. The van der Waals surface area contributed by atoms with E-state index < -0.39 is 0 Å². The topological polar surface area (TPSA) is 28.2 Å². The van der Waals surface area contributed by atoms with Crippen LogP contribution in [0.25, 0.3) is 0 Å². The molecular weight excluding hydrogens is 246 g/mol. The Morgan fingerprint density at radius 2 is 2.05 bits per heavy atom. The van der Waals surface area contributed by atoms with Crippen LogP contribution in [0.1, 0.15) is 17.7 Å². The Hall–Kier alpha value is -1.87. The largest absolute Gasteiger partial charge is 0.380 e. The van der Waals surface area contributed by atoms with Crippen molar-refractivity contribution in [2.24, 2.45) is 0 Å². The first-order chi connectivity index (χ1) is 9.79. The second-order valence-electron chi connectivity index (χ2n) is 5.54. The fourth-order valence-electron chi connectivity index (χ4n) is 2.72. The molecule has 1 aromatic heterocycles. The first-order valence-corrected chi connectivity index (χ1v) is 7.25. The van der Waals surface area contributed by atoms with Crippen molar-refractivity contribution < 1.29 is 0 Å². The van der Waals surface area contributed by atoms with Gasteiger partial charge in [0.05, 0.1) is 11.9 Å². The van der Waals surface area contributed by atoms with E-state index in [1.54, 1.807) is 0 Å². The van der Waals surface area contributed by atoms with Crippen LogP contribution < -0.4 is 5.32 Å². The van der Waals surface area contributed by atoms with Crippen LogP contribution in [0.5, 0.6) is 0 Å². The van der Waals surface area contributed by atoms with E-state index in [-0.39, 0.29) is 0 Å². The number of nitrogens with zero attached hydrogens (tertiary/aromatic N) is 2. The minimum Gasteiger partial charge on any atom is -0.380 e. The van der Waals surface area contributed by atoms with Crippen LogP contribution in [0.4, 0.5) is 5.69 Å². The second kappa shape index (κ2) is 6.06. The van der Waals surface area contributed by atoms with Crippen LogP contribution in [-0.4, -0.2) is 29.0 Å². The molecule has 0 bridgehead atoms. The first kappa shape index (κ1) is 13.1. The van der Waals surface area contributed by atoms with Gasteiger partial charge in [-0.05, 0) is 31.0 Å². The Balaban J connectivity index is 1.53. The molecule has 0 radical (unpaired) electrons. The van der Waals surface area contributed by atoms with Gasteiger partial charge in [-0.1, -0.05) is 30.3 Å². The van der Waals surface area contributed by atoms with E-state index >= 15 is 0 Å². The lowest BCUT2D eigenvalue weighted by molar-refractivity contribution is 0.328. The molecule has 3 nitrogen and oxygen atoms in total. The molecule has 3 rings (SSSR count). The number of rotatable bonds is 4. The van der Waals surface area contributed by atoms with Gasteiger partial charge in [0.1, 0.15) is 0 Å². The summed E-state index contributed by atoms with van der Waals surface area (Å²) in [5.41, 5.74) is 3.58. The van der Waals surface area contributed by atoms with Crippen molar-refractivity contribution in [2.45, 2.75) is 25.9 Å². The van der Waals surface area contributed by atoms with E-state index in [0.717, 1.165) is 31.0 Å². The van der Waals surface area contributed by atoms with Gasteiger partial charge in [0.25, 0.3) is 0 Å². The standard InChI is InChI=1S/C17H21N3/c1-14-7-8-16(11-18-14)19-17-9-10-20(13-17)12-15-5-3-2-4-6-15/h2-8,11,17,19H,9-10,12-13H2,1H3. The Bertz CT molecular complexity index is 536. The van der Waals surface area contributed by atoms with Crippen molar-refractivity contribution in [1.29, 1.82) is 0 Å². The molecule has 3 heteroatoms. The maximum Gasteiger partial charge on any atom is 0.0529 e. The minimum atomic E-state index is 0.531. The fourth-order valence-corrected chi connectivity index (χ4v) is 2.72. The van der Waals surface area contributed by atoms with E-state index in [0.29, 0.717) is 6.04 Å². The Morgan fingerprint density at radius 3 is 2.80 bits per heavy atom. The van der Waals surface area contributed by atoms with Crippen molar-refractivity contribution in [3.8, 4) is 0 Å². The van der Waals surface area contributed by atoms with Crippen molar-refractivity contribution in [3.05, 3.63) is 59.9 Å². The zero-order valence-corrected chi connectivity index (χ0v) is 11.9. The third-order valence-corrected chi connectivity index (χ3v) is 3.80. The summed E-state index contributed by atoms with van der Waals surface area (Å²) < 4.78 is 0. The summed E-state index contributed by atoms with van der Waals surface area (Å²) in [4.78, 5) is 6.84. The number of anilines is 1. The molecule has 0 amide bonds. The summed E-state index contributed by atoms with van der Waals surface area (Å²) in [7, 11) is 0. The van der Waals surface area contributed by atoms with E-state index in [2.05, 4.69) is 57.7 Å². The SMILES string of the molecule is Cc1ccc(NC2CCN(Cc3ccccc3)C2)cn1. The van der Waals surface area contributed by atoms with Crippen LogP contribution in [-0.2, 0) is 6.54 Å². The summed E-state index contributed by atoms with van der Waals surface area (Å²) in [6, 6.07) is 15.4. The van der Waals surface area contributed by atoms with Gasteiger partial charge in [-0.15, -0.1) is 0 Å². The number of benzene rings is 1. The molecule has 1 N–H and O–H groups in total. The number of pyridine rings is 1. The number of likely N-dealkylation sites (tertiary alicyclic amines) is 1. The van der Waals surface area contributed by atoms with Gasteiger partial charge < -0.3 is 5.32 Å². The van der Waals surface area contributed by atoms with Crippen molar-refractivity contribution in [1.82, 2.24) is 9.88 Å². The lowest BCUT2D eigenvalue weighted by Crippen LogP contribution is -2.26. The highest BCUT2D eigenvalue weighted by Gasteiger charge is 2.22. The summed E-state index contributed by atoms with van der Waals surface area (Å²) in [6.07, 6.45) is 3.12. The molecule has 0 spiro atoms. The third-order valence-electron chi connectivity index (χ3n) is 3.80. The highest BCUT2D eigenvalue weighted by Crippen LogP contribution is 2.17. The van der Waals surface area contributed by atoms with Gasteiger partial charge in [0.2, 0.25) is 0 Å². The van der Waals surface area contributed by atoms with Gasteiger partial charge in [-0.3, -0.25) is 9.88 Å². The lowest BCUT2D eigenvalue weighted by atomic mass is 10.2. The van der Waals surface area contributed by atoms with Crippen LogP contribution in [0.15, 0.2) is 48.7 Å². The zero-order valence-electron chi connectivity index (χ0n) is 11.9. The second-order valence-corrected chi connectivity index (χ2v) is 5.54. The molecule has 2 aromatic rings. The molecule has 0 saturated carbocycles. The Labute approximate surface area is 120 Å². The smallest absolute Gasteiger partial charge is 0.0529 e.